The van der Waals surface area contributed by atoms with Crippen molar-refractivity contribution in [3.05, 3.63) is 102 Å². The average Bonchev–Trinajstić information content (AvgIpc) is 2.75. The number of nitrogens with one attached hydrogen (secondary N) is 1. The number of hydrogen-bond acceptors (Lipinski definition) is 4. The van der Waals surface area contributed by atoms with E-state index in [1.165, 1.54) is 6.21 Å². The first-order valence-corrected chi connectivity index (χ1v) is 9.04. The molecule has 0 aliphatic rings. The van der Waals surface area contributed by atoms with Gasteiger partial charge in [-0.25, -0.2) is 5.43 Å². The van der Waals surface area contributed by atoms with E-state index in [2.05, 4.69) is 10.5 Å². The first-order chi connectivity index (χ1) is 13.6. The molecule has 0 aliphatic carbocycles. The highest BCUT2D eigenvalue weighted by atomic mass is 16.5. The third-order valence-corrected chi connectivity index (χ3v) is 4.28. The number of carbonyl (C=O) groups excluding carboxylic acids is 1. The summed E-state index contributed by atoms with van der Waals surface area (Å²) in [6.07, 6.45) is 1.52. The minimum absolute atomic E-state index is 0.468. The van der Waals surface area contributed by atoms with Crippen molar-refractivity contribution < 1.29 is 14.6 Å². The van der Waals surface area contributed by atoms with E-state index in [9.17, 15) is 9.90 Å². The lowest BCUT2D eigenvalue weighted by atomic mass is 9.85. The van der Waals surface area contributed by atoms with Gasteiger partial charge in [0, 0.05) is 0 Å². The number of hydrazone groups is 1. The number of carbonyl (C=O) groups is 1. The second-order valence-electron chi connectivity index (χ2n) is 6.14. The summed E-state index contributed by atoms with van der Waals surface area (Å²) in [5.41, 5.74) is 2.34. The van der Waals surface area contributed by atoms with Crippen LogP contribution in [-0.2, 0) is 10.4 Å². The van der Waals surface area contributed by atoms with Gasteiger partial charge in [-0.05, 0) is 47.9 Å². The van der Waals surface area contributed by atoms with Gasteiger partial charge in [-0.15, -0.1) is 0 Å². The van der Waals surface area contributed by atoms with Crippen LogP contribution in [0.25, 0.3) is 0 Å². The molecule has 3 rings (SSSR count). The number of amides is 1. The molecular weight excluding hydrogens is 352 g/mol. The summed E-state index contributed by atoms with van der Waals surface area (Å²) in [5, 5.41) is 15.3. The molecule has 0 aromatic heterocycles. The van der Waals surface area contributed by atoms with Gasteiger partial charge < -0.3 is 9.84 Å². The molecule has 2 N–H and O–H groups in total. The normalized spacial score (nSPS) is 11.4. The van der Waals surface area contributed by atoms with Crippen molar-refractivity contribution in [3.63, 3.8) is 0 Å². The van der Waals surface area contributed by atoms with Gasteiger partial charge in [0.2, 0.25) is 0 Å². The van der Waals surface area contributed by atoms with Crippen LogP contribution in [0.2, 0.25) is 0 Å². The van der Waals surface area contributed by atoms with E-state index < -0.39 is 11.5 Å². The van der Waals surface area contributed by atoms with Crippen LogP contribution < -0.4 is 10.2 Å². The van der Waals surface area contributed by atoms with Gasteiger partial charge >= 0.3 is 0 Å². The molecule has 3 aromatic carbocycles. The summed E-state index contributed by atoms with van der Waals surface area (Å²) in [6.45, 7) is 2.52. The Morgan fingerprint density at radius 1 is 0.964 bits per heavy atom. The number of aliphatic hydroxyl groups is 1. The first kappa shape index (κ1) is 19.3. The molecular formula is C23H22N2O3. The third-order valence-electron chi connectivity index (χ3n) is 4.28. The number of ether oxygens (including phenoxy) is 1. The van der Waals surface area contributed by atoms with Crippen LogP contribution >= 0.6 is 0 Å². The maximum atomic E-state index is 12.9. The predicted molar refractivity (Wildman–Crippen MR) is 109 cm³/mol. The van der Waals surface area contributed by atoms with Crippen LogP contribution in [-0.4, -0.2) is 23.8 Å². The van der Waals surface area contributed by atoms with Gasteiger partial charge in [-0.1, -0.05) is 60.7 Å². The molecule has 5 heteroatoms. The van der Waals surface area contributed by atoms with E-state index in [4.69, 9.17) is 4.74 Å². The summed E-state index contributed by atoms with van der Waals surface area (Å²) < 4.78 is 5.40. The maximum absolute atomic E-state index is 12.9. The van der Waals surface area contributed by atoms with Gasteiger partial charge in [0.15, 0.2) is 5.60 Å². The fourth-order valence-corrected chi connectivity index (χ4v) is 2.85. The molecule has 28 heavy (non-hydrogen) atoms. The Labute approximate surface area is 164 Å². The zero-order chi connectivity index (χ0) is 19.8. The highest BCUT2D eigenvalue weighted by Gasteiger charge is 2.39. The molecule has 0 saturated carbocycles. The van der Waals surface area contributed by atoms with Crippen molar-refractivity contribution in [3.8, 4) is 5.75 Å². The largest absolute Gasteiger partial charge is 0.494 e. The Bertz CT molecular complexity index is 884. The van der Waals surface area contributed by atoms with Crippen molar-refractivity contribution in [2.24, 2.45) is 5.10 Å². The highest BCUT2D eigenvalue weighted by molar-refractivity contribution is 5.91. The van der Waals surface area contributed by atoms with E-state index in [-0.39, 0.29) is 0 Å². The topological polar surface area (TPSA) is 70.9 Å². The van der Waals surface area contributed by atoms with Crippen molar-refractivity contribution in [2.45, 2.75) is 12.5 Å². The molecule has 1 amide bonds. The van der Waals surface area contributed by atoms with Gasteiger partial charge in [0.1, 0.15) is 5.75 Å². The maximum Gasteiger partial charge on any atom is 0.281 e. The van der Waals surface area contributed by atoms with E-state index in [0.29, 0.717) is 17.7 Å². The van der Waals surface area contributed by atoms with E-state index in [1.807, 2.05) is 43.3 Å². The average molecular weight is 374 g/mol. The Balaban J connectivity index is 1.80. The quantitative estimate of drug-likeness (QED) is 0.491. The van der Waals surface area contributed by atoms with Crippen molar-refractivity contribution >= 4 is 12.1 Å². The van der Waals surface area contributed by atoms with Crippen LogP contribution in [0.3, 0.4) is 0 Å². The standard InChI is InChI=1S/C23H22N2O3/c1-2-28-21-15-13-18(14-16-21)17-24-25-22(26)23(27,19-9-5-3-6-10-19)20-11-7-4-8-12-20/h3-17,27H,2H2,1H3,(H,25,26). The Morgan fingerprint density at radius 2 is 1.50 bits per heavy atom. The SMILES string of the molecule is CCOc1ccc(C=NNC(=O)C(O)(c2ccccc2)c2ccccc2)cc1. The van der Waals surface area contributed by atoms with Gasteiger partial charge in [-0.2, -0.15) is 5.10 Å². The van der Waals surface area contributed by atoms with E-state index >= 15 is 0 Å². The van der Waals surface area contributed by atoms with Crippen LogP contribution in [0.1, 0.15) is 23.6 Å². The second-order valence-corrected chi connectivity index (χ2v) is 6.14. The lowest BCUT2D eigenvalue weighted by Crippen LogP contribution is -2.43. The molecule has 0 atom stereocenters. The molecule has 0 spiro atoms. The van der Waals surface area contributed by atoms with Crippen LogP contribution in [0.5, 0.6) is 5.75 Å². The number of hydrogen-bond donors (Lipinski definition) is 2. The minimum atomic E-state index is -1.85. The molecule has 0 heterocycles. The lowest BCUT2D eigenvalue weighted by Gasteiger charge is -2.27. The molecule has 0 aliphatic heterocycles. The van der Waals surface area contributed by atoms with Gasteiger partial charge in [0.05, 0.1) is 12.8 Å². The molecule has 0 fully saturated rings. The molecule has 5 nitrogen and oxygen atoms in total. The van der Waals surface area contributed by atoms with Crippen molar-refractivity contribution in [2.75, 3.05) is 6.61 Å². The third kappa shape index (κ3) is 4.27. The molecule has 0 bridgehead atoms. The molecule has 3 aromatic rings. The molecule has 142 valence electrons. The molecule has 0 saturated heterocycles. The molecule has 0 radical (unpaired) electrons. The summed E-state index contributed by atoms with van der Waals surface area (Å²) in [5.74, 6) is 0.137. The first-order valence-electron chi connectivity index (χ1n) is 9.04. The Morgan fingerprint density at radius 3 is 2.00 bits per heavy atom. The van der Waals surface area contributed by atoms with Crippen LogP contribution in [0.4, 0.5) is 0 Å². The van der Waals surface area contributed by atoms with Gasteiger partial charge in [0.25, 0.3) is 5.91 Å². The van der Waals surface area contributed by atoms with E-state index in [0.717, 1.165) is 11.3 Å². The fraction of sp³-hybridized carbons (Fsp3) is 0.130. The summed E-state index contributed by atoms with van der Waals surface area (Å²) >= 11 is 0. The van der Waals surface area contributed by atoms with Gasteiger partial charge in [-0.3, -0.25) is 4.79 Å². The highest BCUT2D eigenvalue weighted by Crippen LogP contribution is 2.29. The monoisotopic (exact) mass is 374 g/mol. The smallest absolute Gasteiger partial charge is 0.281 e. The zero-order valence-electron chi connectivity index (χ0n) is 15.6. The molecule has 0 unspecified atom stereocenters. The lowest BCUT2D eigenvalue weighted by molar-refractivity contribution is -0.136. The van der Waals surface area contributed by atoms with Crippen LogP contribution in [0.15, 0.2) is 90.0 Å². The fourth-order valence-electron chi connectivity index (χ4n) is 2.85. The van der Waals surface area contributed by atoms with Crippen molar-refractivity contribution in [1.82, 2.24) is 5.43 Å². The predicted octanol–water partition coefficient (Wildman–Crippen LogP) is 3.47. The summed E-state index contributed by atoms with van der Waals surface area (Å²) in [7, 11) is 0. The Hall–Kier alpha value is -3.44. The number of benzene rings is 3. The van der Waals surface area contributed by atoms with E-state index in [1.54, 1.807) is 48.5 Å². The zero-order valence-corrected chi connectivity index (χ0v) is 15.6. The minimum Gasteiger partial charge on any atom is -0.494 e. The number of nitrogens with zero attached hydrogens (tertiary/aromatic N) is 1. The second kappa shape index (κ2) is 8.97. The Kier molecular flexibility index (Phi) is 6.19. The van der Waals surface area contributed by atoms with Crippen molar-refractivity contribution in [1.29, 1.82) is 0 Å². The summed E-state index contributed by atoms with van der Waals surface area (Å²) in [4.78, 5) is 12.9. The number of rotatable bonds is 7. The van der Waals surface area contributed by atoms with Crippen LogP contribution in [0, 0.1) is 0 Å². The summed E-state index contributed by atoms with van der Waals surface area (Å²) in [6, 6.07) is 24.9.